The van der Waals surface area contributed by atoms with Gasteiger partial charge in [-0.15, -0.1) is 0 Å². The van der Waals surface area contributed by atoms with Gasteiger partial charge in [0.1, 0.15) is 5.76 Å². The van der Waals surface area contributed by atoms with E-state index in [1.807, 2.05) is 73.8 Å². The standard InChI is InChI=1S/C20H19NO2.C4H7NO2S/c1-14-8-10-16(11-9-14)19(22)13-12-18-15(2)23-20(21-18)17-6-4-3-5-7-17;1-8-2-4(7)5-3-6/h3-11H,12-13H2,1-2H3;3H,2H2,1H3,(H,5,6,7). The molecular weight excluding hydrogens is 412 g/mol. The summed E-state index contributed by atoms with van der Waals surface area (Å²) in [5.41, 5.74) is 3.71. The molecule has 0 atom stereocenters. The lowest BCUT2D eigenvalue weighted by molar-refractivity contribution is -0.123. The molecule has 162 valence electrons. The molecule has 3 aromatic rings. The third kappa shape index (κ3) is 7.86. The van der Waals surface area contributed by atoms with Crippen molar-refractivity contribution in [2.45, 2.75) is 26.7 Å². The maximum absolute atomic E-state index is 12.3. The van der Waals surface area contributed by atoms with E-state index in [1.54, 1.807) is 6.26 Å². The summed E-state index contributed by atoms with van der Waals surface area (Å²) < 4.78 is 5.73. The van der Waals surface area contributed by atoms with Crippen LogP contribution in [0.2, 0.25) is 0 Å². The molecule has 1 N–H and O–H groups in total. The predicted octanol–water partition coefficient (Wildman–Crippen LogP) is 4.40. The third-order valence-corrected chi connectivity index (χ3v) is 4.92. The van der Waals surface area contributed by atoms with Crippen molar-refractivity contribution in [2.75, 3.05) is 12.0 Å². The first-order valence-electron chi connectivity index (χ1n) is 9.78. The Morgan fingerprint density at radius 1 is 1.06 bits per heavy atom. The number of ketones is 1. The lowest BCUT2D eigenvalue weighted by Gasteiger charge is -2.00. The van der Waals surface area contributed by atoms with E-state index in [9.17, 15) is 14.4 Å². The fourth-order valence-electron chi connectivity index (χ4n) is 2.72. The molecule has 1 aromatic heterocycles. The minimum Gasteiger partial charge on any atom is -0.441 e. The van der Waals surface area contributed by atoms with Gasteiger partial charge in [0.2, 0.25) is 18.2 Å². The highest BCUT2D eigenvalue weighted by Gasteiger charge is 2.13. The molecule has 0 saturated carbocycles. The van der Waals surface area contributed by atoms with E-state index in [1.165, 1.54) is 11.8 Å². The number of Topliss-reactive ketones (excluding diaryl/α,β-unsaturated/α-hetero) is 1. The van der Waals surface area contributed by atoms with Crippen LogP contribution in [0.15, 0.2) is 59.0 Å². The summed E-state index contributed by atoms with van der Waals surface area (Å²) in [7, 11) is 0. The van der Waals surface area contributed by atoms with Crippen molar-refractivity contribution in [1.29, 1.82) is 0 Å². The molecule has 0 fully saturated rings. The molecule has 0 aliphatic rings. The van der Waals surface area contributed by atoms with Crippen LogP contribution in [0.4, 0.5) is 0 Å². The van der Waals surface area contributed by atoms with Gasteiger partial charge in [-0.05, 0) is 32.2 Å². The molecule has 7 heteroatoms. The molecule has 3 rings (SSSR count). The van der Waals surface area contributed by atoms with E-state index in [4.69, 9.17) is 4.42 Å². The van der Waals surface area contributed by atoms with E-state index in [-0.39, 0.29) is 11.7 Å². The van der Waals surface area contributed by atoms with Crippen molar-refractivity contribution in [3.63, 3.8) is 0 Å². The largest absolute Gasteiger partial charge is 0.441 e. The number of imide groups is 1. The molecule has 1 heterocycles. The molecule has 6 nitrogen and oxygen atoms in total. The number of hydrogen-bond acceptors (Lipinski definition) is 6. The molecule has 0 aliphatic heterocycles. The number of nitrogens with zero attached hydrogens (tertiary/aromatic N) is 1. The second-order valence-electron chi connectivity index (χ2n) is 6.80. The molecular formula is C24H26N2O4S. The SMILES string of the molecule is CSCC(=O)NC=O.Cc1ccc(C(=O)CCc2nc(-c3ccccc3)oc2C)cc1. The third-order valence-electron chi connectivity index (χ3n) is 4.37. The number of carbonyl (C=O) groups excluding carboxylic acids is 3. The monoisotopic (exact) mass is 438 g/mol. The van der Waals surface area contributed by atoms with Crippen LogP contribution in [0.25, 0.3) is 11.5 Å². The average molecular weight is 439 g/mol. The summed E-state index contributed by atoms with van der Waals surface area (Å²) >= 11 is 1.38. The summed E-state index contributed by atoms with van der Waals surface area (Å²) in [6.45, 7) is 3.91. The van der Waals surface area contributed by atoms with Gasteiger partial charge in [0.05, 0.1) is 11.4 Å². The summed E-state index contributed by atoms with van der Waals surface area (Å²) in [6.07, 6.45) is 3.21. The number of rotatable bonds is 8. The number of oxazole rings is 1. The number of nitrogens with one attached hydrogen (secondary N) is 1. The Kier molecular flexibility index (Phi) is 9.71. The number of hydrogen-bond donors (Lipinski definition) is 1. The lowest BCUT2D eigenvalue weighted by Crippen LogP contribution is -2.22. The Morgan fingerprint density at radius 3 is 2.35 bits per heavy atom. The number of amides is 2. The molecule has 0 radical (unpaired) electrons. The van der Waals surface area contributed by atoms with Crippen LogP contribution in [0.3, 0.4) is 0 Å². The second kappa shape index (κ2) is 12.5. The maximum Gasteiger partial charge on any atom is 0.236 e. The maximum atomic E-state index is 12.3. The van der Waals surface area contributed by atoms with E-state index in [2.05, 4.69) is 4.98 Å². The highest BCUT2D eigenvalue weighted by molar-refractivity contribution is 7.99. The number of aromatic nitrogens is 1. The Labute approximate surface area is 186 Å². The average Bonchev–Trinajstić information content (AvgIpc) is 3.14. The highest BCUT2D eigenvalue weighted by Crippen LogP contribution is 2.22. The first kappa shape index (κ1) is 24.1. The number of thioether (sulfide) groups is 1. The van der Waals surface area contributed by atoms with Crippen molar-refractivity contribution in [3.8, 4) is 11.5 Å². The molecule has 2 aromatic carbocycles. The molecule has 0 unspecified atom stereocenters. The second-order valence-corrected chi connectivity index (χ2v) is 7.66. The smallest absolute Gasteiger partial charge is 0.236 e. The summed E-state index contributed by atoms with van der Waals surface area (Å²) in [5.74, 6) is 1.63. The van der Waals surface area contributed by atoms with Gasteiger partial charge >= 0.3 is 0 Å². The van der Waals surface area contributed by atoms with Gasteiger partial charge in [0, 0.05) is 24.0 Å². The van der Waals surface area contributed by atoms with Crippen LogP contribution >= 0.6 is 11.8 Å². The summed E-state index contributed by atoms with van der Waals surface area (Å²) in [6, 6.07) is 17.5. The van der Waals surface area contributed by atoms with Gasteiger partial charge in [-0.2, -0.15) is 11.8 Å². The van der Waals surface area contributed by atoms with E-state index in [0.717, 1.165) is 28.1 Å². The first-order valence-corrected chi connectivity index (χ1v) is 11.2. The topological polar surface area (TPSA) is 89.3 Å². The quantitative estimate of drug-likeness (QED) is 0.414. The molecule has 0 saturated heterocycles. The van der Waals surface area contributed by atoms with Gasteiger partial charge in [-0.25, -0.2) is 4.98 Å². The van der Waals surface area contributed by atoms with Crippen LogP contribution in [0.1, 0.15) is 33.8 Å². The van der Waals surface area contributed by atoms with Gasteiger partial charge in [0.15, 0.2) is 5.78 Å². The number of benzene rings is 2. The zero-order valence-corrected chi connectivity index (χ0v) is 18.7. The van der Waals surface area contributed by atoms with E-state index < -0.39 is 0 Å². The van der Waals surface area contributed by atoms with Gasteiger partial charge in [-0.3, -0.25) is 19.7 Å². The van der Waals surface area contributed by atoms with E-state index >= 15 is 0 Å². The molecule has 0 aliphatic carbocycles. The minimum atomic E-state index is -0.243. The minimum absolute atomic E-state index is 0.133. The van der Waals surface area contributed by atoms with Crippen LogP contribution in [-0.2, 0) is 16.0 Å². The van der Waals surface area contributed by atoms with Crippen LogP contribution in [0, 0.1) is 13.8 Å². The number of carbonyl (C=O) groups is 3. The fraction of sp³-hybridized carbons (Fsp3) is 0.250. The van der Waals surface area contributed by atoms with Crippen molar-refractivity contribution in [2.24, 2.45) is 0 Å². The molecule has 0 bridgehead atoms. The van der Waals surface area contributed by atoms with E-state index in [0.29, 0.717) is 30.9 Å². The van der Waals surface area contributed by atoms with Crippen LogP contribution in [-0.4, -0.2) is 35.1 Å². The zero-order chi connectivity index (χ0) is 22.6. The Bertz CT molecular complexity index is 998. The van der Waals surface area contributed by atoms with Gasteiger partial charge in [-0.1, -0.05) is 48.0 Å². The molecule has 0 spiro atoms. The van der Waals surface area contributed by atoms with Crippen LogP contribution < -0.4 is 5.32 Å². The van der Waals surface area contributed by atoms with Crippen molar-refractivity contribution < 1.29 is 18.8 Å². The fourth-order valence-corrected chi connectivity index (χ4v) is 3.06. The molecule has 2 amide bonds. The Hall–Kier alpha value is -3.19. The van der Waals surface area contributed by atoms with Crippen molar-refractivity contribution >= 4 is 29.9 Å². The van der Waals surface area contributed by atoms with Gasteiger partial charge < -0.3 is 4.42 Å². The summed E-state index contributed by atoms with van der Waals surface area (Å²) in [5, 5.41) is 2.01. The summed E-state index contributed by atoms with van der Waals surface area (Å²) in [4.78, 5) is 36.6. The van der Waals surface area contributed by atoms with Gasteiger partial charge in [0.25, 0.3) is 0 Å². The van der Waals surface area contributed by atoms with Crippen molar-refractivity contribution in [1.82, 2.24) is 10.3 Å². The molecule has 31 heavy (non-hydrogen) atoms. The number of aryl methyl sites for hydroxylation is 3. The Balaban J connectivity index is 0.000000366. The Morgan fingerprint density at radius 2 is 1.74 bits per heavy atom. The normalized spacial score (nSPS) is 10.0. The highest BCUT2D eigenvalue weighted by atomic mass is 32.2. The first-order chi connectivity index (χ1) is 14.9. The lowest BCUT2D eigenvalue weighted by atomic mass is 10.0. The predicted molar refractivity (Wildman–Crippen MR) is 123 cm³/mol. The zero-order valence-electron chi connectivity index (χ0n) is 17.9. The van der Waals surface area contributed by atoms with Crippen molar-refractivity contribution in [3.05, 3.63) is 77.2 Å². The van der Waals surface area contributed by atoms with Crippen LogP contribution in [0.5, 0.6) is 0 Å².